The number of halogens is 1. The first-order valence-corrected chi connectivity index (χ1v) is 11.9. The van der Waals surface area contributed by atoms with Crippen molar-refractivity contribution < 1.29 is 23.8 Å². The number of hydrogen-bond donors (Lipinski definition) is 2. The first kappa shape index (κ1) is 23.5. The lowest BCUT2D eigenvalue weighted by atomic mass is 9.95. The molecule has 184 valence electrons. The van der Waals surface area contributed by atoms with Gasteiger partial charge in [0.1, 0.15) is 0 Å². The van der Waals surface area contributed by atoms with E-state index in [4.69, 9.17) is 25.8 Å². The van der Waals surface area contributed by atoms with Crippen molar-refractivity contribution in [2.45, 2.75) is 12.6 Å². The number of hydrogen-bond acceptors (Lipinski definition) is 7. The molecule has 1 fully saturated rings. The summed E-state index contributed by atoms with van der Waals surface area (Å²) in [4.78, 5) is 29.9. The maximum absolute atomic E-state index is 12.8. The minimum Gasteiger partial charge on any atom is -0.466 e. The van der Waals surface area contributed by atoms with E-state index in [1.165, 1.54) is 12.7 Å². The van der Waals surface area contributed by atoms with E-state index >= 15 is 0 Å². The molecular formula is C25H27ClN4O5. The molecule has 1 saturated heterocycles. The Kier molecular flexibility index (Phi) is 6.81. The lowest BCUT2D eigenvalue weighted by Gasteiger charge is -2.37. The zero-order chi connectivity index (χ0) is 24.4. The number of nitrogens with zero attached hydrogens (tertiary/aromatic N) is 2. The van der Waals surface area contributed by atoms with Crippen molar-refractivity contribution in [1.29, 1.82) is 0 Å². The molecule has 0 spiro atoms. The van der Waals surface area contributed by atoms with Gasteiger partial charge in [0.2, 0.25) is 6.79 Å². The molecule has 3 aliphatic rings. The number of urea groups is 1. The first-order chi connectivity index (χ1) is 17.0. The average molecular weight is 499 g/mol. The molecule has 3 heterocycles. The summed E-state index contributed by atoms with van der Waals surface area (Å²) in [5.41, 5.74) is 2.83. The Morgan fingerprint density at radius 1 is 1.06 bits per heavy atom. The van der Waals surface area contributed by atoms with Crippen molar-refractivity contribution in [3.05, 3.63) is 69.9 Å². The standard InChI is InChI=1S/C25H27ClN4O5/c1-33-24(31)22-19(27-25(32)28-23(22)17-3-2-4-18(26)12-17)14-30-9-7-29(8-10-30)13-16-5-6-20-21(11-16)35-15-34-20/h2-6,11-12,23H,7-10,13-15H2,1H3,(H2,27,28,32)/t23-/m0/s1. The summed E-state index contributed by atoms with van der Waals surface area (Å²) in [6.07, 6.45) is 0. The number of esters is 1. The van der Waals surface area contributed by atoms with Crippen LogP contribution in [0.1, 0.15) is 17.2 Å². The number of amides is 2. The van der Waals surface area contributed by atoms with E-state index in [1.54, 1.807) is 18.2 Å². The Morgan fingerprint density at radius 2 is 1.80 bits per heavy atom. The molecule has 35 heavy (non-hydrogen) atoms. The van der Waals surface area contributed by atoms with Crippen molar-refractivity contribution >= 4 is 23.6 Å². The molecule has 9 nitrogen and oxygen atoms in total. The summed E-state index contributed by atoms with van der Waals surface area (Å²) in [7, 11) is 1.34. The van der Waals surface area contributed by atoms with Crippen LogP contribution in [0.4, 0.5) is 4.79 Å². The van der Waals surface area contributed by atoms with Crippen molar-refractivity contribution in [2.24, 2.45) is 0 Å². The molecule has 0 aromatic heterocycles. The van der Waals surface area contributed by atoms with Gasteiger partial charge < -0.3 is 24.8 Å². The Labute approximate surface area is 208 Å². The zero-order valence-electron chi connectivity index (χ0n) is 19.4. The monoisotopic (exact) mass is 498 g/mol. The third-order valence-electron chi connectivity index (χ3n) is 6.43. The van der Waals surface area contributed by atoms with Crippen LogP contribution < -0.4 is 20.1 Å². The van der Waals surface area contributed by atoms with Crippen molar-refractivity contribution in [1.82, 2.24) is 20.4 Å². The molecule has 1 atom stereocenters. The molecule has 0 radical (unpaired) electrons. The highest BCUT2D eigenvalue weighted by molar-refractivity contribution is 6.30. The van der Waals surface area contributed by atoms with Crippen molar-refractivity contribution in [2.75, 3.05) is 46.6 Å². The molecular weight excluding hydrogens is 472 g/mol. The molecule has 10 heteroatoms. The van der Waals surface area contributed by atoms with Crippen LogP contribution in [-0.2, 0) is 16.1 Å². The molecule has 0 saturated carbocycles. The molecule has 2 amide bonds. The van der Waals surface area contributed by atoms with Crippen LogP contribution in [0, 0.1) is 0 Å². The second kappa shape index (κ2) is 10.2. The number of fused-ring (bicyclic) bond motifs is 1. The highest BCUT2D eigenvalue weighted by Crippen LogP contribution is 2.33. The predicted octanol–water partition coefficient (Wildman–Crippen LogP) is 2.67. The van der Waals surface area contributed by atoms with Gasteiger partial charge in [0, 0.05) is 50.0 Å². The van der Waals surface area contributed by atoms with Crippen LogP contribution in [0.5, 0.6) is 11.5 Å². The number of carbonyl (C=O) groups is 2. The lowest BCUT2D eigenvalue weighted by molar-refractivity contribution is -0.136. The number of rotatable bonds is 6. The van der Waals surface area contributed by atoms with Gasteiger partial charge in [0.15, 0.2) is 11.5 Å². The SMILES string of the molecule is COC(=O)C1=C(CN2CCN(Cc3ccc4c(c3)OCO4)CC2)NC(=O)N[C@H]1c1cccc(Cl)c1. The second-order valence-corrected chi connectivity index (χ2v) is 9.15. The number of nitrogens with one attached hydrogen (secondary N) is 2. The van der Waals surface area contributed by atoms with Crippen LogP contribution >= 0.6 is 11.6 Å². The van der Waals surface area contributed by atoms with Crippen molar-refractivity contribution in [3.63, 3.8) is 0 Å². The average Bonchev–Trinajstić information content (AvgIpc) is 3.32. The lowest BCUT2D eigenvalue weighted by Crippen LogP contribution is -2.51. The number of piperazine rings is 1. The van der Waals surface area contributed by atoms with Crippen LogP contribution in [0.3, 0.4) is 0 Å². The van der Waals surface area contributed by atoms with Crippen molar-refractivity contribution in [3.8, 4) is 11.5 Å². The number of methoxy groups -OCH3 is 1. The Balaban J connectivity index is 1.28. The third-order valence-corrected chi connectivity index (χ3v) is 6.67. The van der Waals surface area contributed by atoms with Gasteiger partial charge in [-0.25, -0.2) is 9.59 Å². The normalized spacial score (nSPS) is 20.4. The zero-order valence-corrected chi connectivity index (χ0v) is 20.1. The minimum absolute atomic E-state index is 0.269. The topological polar surface area (TPSA) is 92.4 Å². The summed E-state index contributed by atoms with van der Waals surface area (Å²) < 4.78 is 16.0. The molecule has 0 unspecified atom stereocenters. The number of benzene rings is 2. The number of carbonyl (C=O) groups excluding carboxylic acids is 2. The van der Waals surface area contributed by atoms with E-state index in [0.717, 1.165) is 49.8 Å². The van der Waals surface area contributed by atoms with E-state index in [2.05, 4.69) is 26.5 Å². The first-order valence-electron chi connectivity index (χ1n) is 11.5. The summed E-state index contributed by atoms with van der Waals surface area (Å²) in [6, 6.07) is 12.2. The quantitative estimate of drug-likeness (QED) is 0.591. The predicted molar refractivity (Wildman–Crippen MR) is 129 cm³/mol. The molecule has 5 rings (SSSR count). The largest absolute Gasteiger partial charge is 0.466 e. The summed E-state index contributed by atoms with van der Waals surface area (Å²) in [5, 5.41) is 6.19. The highest BCUT2D eigenvalue weighted by Gasteiger charge is 2.34. The van der Waals surface area contributed by atoms with Gasteiger partial charge in [-0.3, -0.25) is 9.80 Å². The summed E-state index contributed by atoms with van der Waals surface area (Å²) in [5.74, 6) is 1.09. The Hall–Kier alpha value is -3.27. The molecule has 2 N–H and O–H groups in total. The van der Waals surface area contributed by atoms with Gasteiger partial charge in [0.05, 0.1) is 18.7 Å². The van der Waals surface area contributed by atoms with Gasteiger partial charge in [-0.2, -0.15) is 0 Å². The van der Waals surface area contributed by atoms with Gasteiger partial charge in [-0.1, -0.05) is 29.8 Å². The fourth-order valence-corrected chi connectivity index (χ4v) is 4.86. The molecule has 2 aromatic carbocycles. The van der Waals surface area contributed by atoms with Gasteiger partial charge >= 0.3 is 12.0 Å². The van der Waals surface area contributed by atoms with Gasteiger partial charge in [0.25, 0.3) is 0 Å². The van der Waals surface area contributed by atoms with E-state index in [1.807, 2.05) is 18.2 Å². The van der Waals surface area contributed by atoms with Gasteiger partial charge in [-0.15, -0.1) is 0 Å². The second-order valence-electron chi connectivity index (χ2n) is 8.71. The van der Waals surface area contributed by atoms with E-state index in [0.29, 0.717) is 22.8 Å². The Bertz CT molecular complexity index is 1160. The molecule has 0 bridgehead atoms. The van der Waals surface area contributed by atoms with E-state index in [9.17, 15) is 9.59 Å². The van der Waals surface area contributed by atoms with Crippen LogP contribution in [0.15, 0.2) is 53.7 Å². The highest BCUT2D eigenvalue weighted by atomic mass is 35.5. The fraction of sp³-hybridized carbons (Fsp3) is 0.360. The van der Waals surface area contributed by atoms with E-state index in [-0.39, 0.29) is 12.8 Å². The van der Waals surface area contributed by atoms with E-state index < -0.39 is 12.0 Å². The number of ether oxygens (including phenoxy) is 3. The van der Waals surface area contributed by atoms with Gasteiger partial charge in [-0.05, 0) is 35.4 Å². The summed E-state index contributed by atoms with van der Waals surface area (Å²) in [6.45, 7) is 4.84. The fourth-order valence-electron chi connectivity index (χ4n) is 4.66. The Morgan fingerprint density at radius 3 is 2.54 bits per heavy atom. The smallest absolute Gasteiger partial charge is 0.338 e. The maximum Gasteiger partial charge on any atom is 0.338 e. The maximum atomic E-state index is 12.8. The van der Waals surface area contributed by atoms with Crippen LogP contribution in [0.2, 0.25) is 5.02 Å². The third kappa shape index (κ3) is 5.22. The molecule has 3 aliphatic heterocycles. The van der Waals surface area contributed by atoms with Crippen LogP contribution in [0.25, 0.3) is 0 Å². The molecule has 0 aliphatic carbocycles. The minimum atomic E-state index is -0.641. The summed E-state index contributed by atoms with van der Waals surface area (Å²) >= 11 is 6.17. The molecule has 2 aromatic rings. The van der Waals surface area contributed by atoms with Crippen LogP contribution in [-0.4, -0.2) is 68.4 Å².